The van der Waals surface area contributed by atoms with Crippen LogP contribution >= 0.6 is 0 Å². The van der Waals surface area contributed by atoms with Gasteiger partial charge in [0, 0.05) is 37.7 Å². The number of anilines is 2. The summed E-state index contributed by atoms with van der Waals surface area (Å²) >= 11 is 0. The van der Waals surface area contributed by atoms with Gasteiger partial charge in [-0.2, -0.15) is 0 Å². The molecule has 0 aliphatic carbocycles. The van der Waals surface area contributed by atoms with Gasteiger partial charge in [-0.05, 0) is 24.6 Å². The molecule has 0 spiro atoms. The van der Waals surface area contributed by atoms with E-state index in [9.17, 15) is 9.59 Å². The minimum Gasteiger partial charge on any atom is -1.00 e. The fourth-order valence-electron chi connectivity index (χ4n) is 2.74. The van der Waals surface area contributed by atoms with Crippen LogP contribution in [-0.4, -0.2) is 25.5 Å². The first-order valence-corrected chi connectivity index (χ1v) is 8.41. The number of carbonyl (C=O) groups excluding carboxylic acids is 2. The number of nitrogens with one attached hydrogen (secondary N) is 1. The summed E-state index contributed by atoms with van der Waals surface area (Å²) in [6, 6.07) is 11.3. The van der Waals surface area contributed by atoms with E-state index in [0.717, 1.165) is 19.4 Å². The summed E-state index contributed by atoms with van der Waals surface area (Å²) in [6.45, 7) is 0.950. The van der Waals surface area contributed by atoms with Gasteiger partial charge in [-0.1, -0.05) is 6.07 Å². The molecule has 0 atom stereocenters. The van der Waals surface area contributed by atoms with E-state index >= 15 is 0 Å². The first kappa shape index (κ1) is 19.9. The molecular weight excluding hydrogens is 398 g/mol. The average Bonchev–Trinajstić information content (AvgIpc) is 2.63. The zero-order valence-electron chi connectivity index (χ0n) is 14.7. The molecule has 1 N–H and O–H groups in total. The van der Waals surface area contributed by atoms with Crippen LogP contribution in [0.4, 0.5) is 11.4 Å². The van der Waals surface area contributed by atoms with Crippen molar-refractivity contribution in [2.75, 3.05) is 23.9 Å². The molecule has 1 aliphatic heterocycles. The lowest BCUT2D eigenvalue weighted by Gasteiger charge is -2.26. The summed E-state index contributed by atoms with van der Waals surface area (Å²) in [6.07, 6.45) is 6.27. The van der Waals surface area contributed by atoms with Crippen LogP contribution in [0.3, 0.4) is 0 Å². The Morgan fingerprint density at radius 3 is 2.77 bits per heavy atom. The molecule has 0 radical (unpaired) electrons. The highest BCUT2D eigenvalue weighted by atomic mass is 79.9. The topological polar surface area (TPSA) is 62.5 Å². The van der Waals surface area contributed by atoms with Crippen LogP contribution < -0.4 is 36.5 Å². The van der Waals surface area contributed by atoms with Crippen LogP contribution in [0, 0.1) is 0 Å². The quantitative estimate of drug-likeness (QED) is 0.489. The Kier molecular flexibility index (Phi) is 7.15. The van der Waals surface area contributed by atoms with Crippen molar-refractivity contribution in [1.82, 2.24) is 0 Å². The Morgan fingerprint density at radius 2 is 2.00 bits per heavy atom. The van der Waals surface area contributed by atoms with Gasteiger partial charge in [0.15, 0.2) is 19.0 Å². The molecule has 26 heavy (non-hydrogen) atoms. The number of likely N-dealkylation sites (N-methyl/N-ethyl adjacent to an activating group) is 1. The summed E-state index contributed by atoms with van der Waals surface area (Å²) in [5.41, 5.74) is 1.35. The van der Waals surface area contributed by atoms with E-state index in [-0.39, 0.29) is 35.4 Å². The molecule has 138 valence electrons. The van der Waals surface area contributed by atoms with Gasteiger partial charge in [-0.15, -0.1) is 0 Å². The molecule has 6 nitrogen and oxygen atoms in total. The Balaban J connectivity index is 0.00000243. The predicted octanol–water partition coefficient (Wildman–Crippen LogP) is -0.858. The summed E-state index contributed by atoms with van der Waals surface area (Å²) in [7, 11) is 1.70. The van der Waals surface area contributed by atoms with Crippen LogP contribution in [0.15, 0.2) is 48.8 Å². The lowest BCUT2D eigenvalue weighted by molar-refractivity contribution is -0.697. The van der Waals surface area contributed by atoms with Crippen molar-refractivity contribution >= 4 is 23.2 Å². The maximum Gasteiger partial charge on any atom is 0.264 e. The summed E-state index contributed by atoms with van der Waals surface area (Å²) < 4.78 is 7.49. The number of amides is 2. The second-order valence-electron chi connectivity index (χ2n) is 6.04. The van der Waals surface area contributed by atoms with Crippen LogP contribution in [0.25, 0.3) is 0 Å². The largest absolute Gasteiger partial charge is 1.00 e. The van der Waals surface area contributed by atoms with Crippen molar-refractivity contribution in [2.24, 2.45) is 0 Å². The number of hydrogen-bond acceptors (Lipinski definition) is 3. The fraction of sp³-hybridized carbons (Fsp3) is 0.316. The molecular formula is C19H22BrN3O3. The van der Waals surface area contributed by atoms with Crippen molar-refractivity contribution in [3.63, 3.8) is 0 Å². The molecule has 1 aromatic carbocycles. The number of ether oxygens (including phenoxy) is 1. The van der Waals surface area contributed by atoms with Gasteiger partial charge < -0.3 is 31.9 Å². The van der Waals surface area contributed by atoms with Crippen molar-refractivity contribution < 1.29 is 35.9 Å². The Hall–Kier alpha value is -2.41. The third-order valence-electron chi connectivity index (χ3n) is 4.18. The lowest BCUT2D eigenvalue weighted by atomic mass is 10.2. The maximum atomic E-state index is 12.1. The van der Waals surface area contributed by atoms with Crippen molar-refractivity contribution in [3.8, 4) is 5.75 Å². The number of nitrogens with zero attached hydrogens (tertiary/aromatic N) is 2. The number of unbranched alkanes of at least 4 members (excludes halogenated alkanes) is 1. The number of aryl methyl sites for hydroxylation is 1. The first-order chi connectivity index (χ1) is 12.1. The molecule has 2 aromatic rings. The number of aromatic nitrogens is 1. The van der Waals surface area contributed by atoms with Gasteiger partial charge in [0.05, 0.1) is 5.69 Å². The molecule has 3 rings (SSSR count). The second kappa shape index (κ2) is 9.33. The molecule has 1 aliphatic rings. The molecule has 0 unspecified atom stereocenters. The third-order valence-corrected chi connectivity index (χ3v) is 4.18. The molecule has 2 heterocycles. The average molecular weight is 420 g/mol. The van der Waals surface area contributed by atoms with Crippen LogP contribution in [0.1, 0.15) is 19.3 Å². The Morgan fingerprint density at radius 1 is 1.23 bits per heavy atom. The van der Waals surface area contributed by atoms with Gasteiger partial charge in [-0.3, -0.25) is 9.59 Å². The van der Waals surface area contributed by atoms with Crippen molar-refractivity contribution in [2.45, 2.75) is 25.8 Å². The normalized spacial score (nSPS) is 12.7. The zero-order chi connectivity index (χ0) is 17.6. The Labute approximate surface area is 163 Å². The van der Waals surface area contributed by atoms with E-state index in [0.29, 0.717) is 23.5 Å². The van der Waals surface area contributed by atoms with E-state index in [4.69, 9.17) is 4.74 Å². The van der Waals surface area contributed by atoms with Gasteiger partial charge in [0.2, 0.25) is 5.91 Å². The van der Waals surface area contributed by atoms with Crippen LogP contribution in [-0.2, 0) is 16.1 Å². The minimum atomic E-state index is -0.102. The van der Waals surface area contributed by atoms with Crippen molar-refractivity contribution in [3.05, 3.63) is 48.8 Å². The summed E-state index contributed by atoms with van der Waals surface area (Å²) in [4.78, 5) is 25.3. The Bertz CT molecular complexity index is 768. The van der Waals surface area contributed by atoms with Crippen LogP contribution in [0.2, 0.25) is 0 Å². The number of hydrogen-bond donors (Lipinski definition) is 1. The monoisotopic (exact) mass is 419 g/mol. The molecule has 0 fully saturated rings. The van der Waals surface area contributed by atoms with E-state index in [2.05, 4.69) is 9.88 Å². The molecule has 7 heteroatoms. The minimum absolute atomic E-state index is 0. The number of halogens is 1. The zero-order valence-corrected chi connectivity index (χ0v) is 16.2. The third kappa shape index (κ3) is 5.05. The fourth-order valence-corrected chi connectivity index (χ4v) is 2.74. The van der Waals surface area contributed by atoms with E-state index < -0.39 is 0 Å². The highest BCUT2D eigenvalue weighted by molar-refractivity contribution is 5.99. The smallest absolute Gasteiger partial charge is 0.264 e. The van der Waals surface area contributed by atoms with Crippen LogP contribution in [0.5, 0.6) is 5.75 Å². The first-order valence-electron chi connectivity index (χ1n) is 8.41. The maximum absolute atomic E-state index is 12.1. The van der Waals surface area contributed by atoms with Crippen molar-refractivity contribution in [1.29, 1.82) is 0 Å². The second-order valence-corrected chi connectivity index (χ2v) is 6.04. The molecule has 0 bridgehead atoms. The summed E-state index contributed by atoms with van der Waals surface area (Å²) in [5, 5.41) is 2.89. The standard InChI is InChI=1S/C19H21N3O3.BrH/c1-21-16-13-15(8-9-17(16)25-14-19(21)24)20-18(23)7-3-6-12-22-10-4-2-5-11-22;/h2,4-5,8-11,13H,3,6-7,12,14H2,1H3;1H. The van der Waals surface area contributed by atoms with E-state index in [1.807, 2.05) is 30.6 Å². The van der Waals surface area contributed by atoms with Gasteiger partial charge in [-0.25, -0.2) is 4.57 Å². The molecule has 2 amide bonds. The molecule has 0 saturated carbocycles. The highest BCUT2D eigenvalue weighted by Crippen LogP contribution is 2.33. The summed E-state index contributed by atoms with van der Waals surface area (Å²) in [5.74, 6) is 0.526. The van der Waals surface area contributed by atoms with Gasteiger partial charge in [0.1, 0.15) is 12.3 Å². The molecule has 0 saturated heterocycles. The van der Waals surface area contributed by atoms with Gasteiger partial charge in [0.25, 0.3) is 5.91 Å². The van der Waals surface area contributed by atoms with Gasteiger partial charge >= 0.3 is 0 Å². The number of carbonyl (C=O) groups is 2. The number of pyridine rings is 1. The van der Waals surface area contributed by atoms with E-state index in [1.165, 1.54) is 0 Å². The SMILES string of the molecule is CN1C(=O)COc2ccc(NC(=O)CCCC[n+]3ccccc3)cc21.[Br-]. The molecule has 1 aromatic heterocycles. The number of fused-ring (bicyclic) bond motifs is 1. The number of benzene rings is 1. The van der Waals surface area contributed by atoms with E-state index in [1.54, 1.807) is 30.1 Å². The highest BCUT2D eigenvalue weighted by Gasteiger charge is 2.22. The predicted molar refractivity (Wildman–Crippen MR) is 94.5 cm³/mol. The number of rotatable bonds is 6. The lowest BCUT2D eigenvalue weighted by Crippen LogP contribution is -3.00.